The first-order valence-corrected chi connectivity index (χ1v) is 10.8. The van der Waals surface area contributed by atoms with Crippen molar-refractivity contribution >= 4 is 15.8 Å². The van der Waals surface area contributed by atoms with Gasteiger partial charge in [-0.15, -0.1) is 0 Å². The summed E-state index contributed by atoms with van der Waals surface area (Å²) < 4.78 is 35.0. The number of fused-ring (bicyclic) bond motifs is 1. The van der Waals surface area contributed by atoms with E-state index >= 15 is 0 Å². The van der Waals surface area contributed by atoms with Gasteiger partial charge in [0.2, 0.25) is 12.7 Å². The molecule has 4 rings (SSSR count). The summed E-state index contributed by atoms with van der Waals surface area (Å²) in [7, 11) is -3.38. The summed E-state index contributed by atoms with van der Waals surface area (Å²) in [4.78, 5) is 8.98. The van der Waals surface area contributed by atoms with Crippen molar-refractivity contribution in [1.29, 1.82) is 0 Å². The van der Waals surface area contributed by atoms with Crippen molar-refractivity contribution < 1.29 is 17.9 Å². The number of aromatic nitrogens is 2. The molecule has 0 bridgehead atoms. The zero-order valence-electron chi connectivity index (χ0n) is 15.1. The Morgan fingerprint density at radius 2 is 2.15 bits per heavy atom. The Kier molecular flexibility index (Phi) is 4.88. The Morgan fingerprint density at radius 3 is 2.93 bits per heavy atom. The molecule has 9 heteroatoms. The van der Waals surface area contributed by atoms with Crippen LogP contribution in [-0.4, -0.2) is 44.5 Å². The van der Waals surface area contributed by atoms with E-state index in [1.807, 2.05) is 18.2 Å². The van der Waals surface area contributed by atoms with Crippen LogP contribution in [0.5, 0.6) is 11.5 Å². The van der Waals surface area contributed by atoms with Crippen LogP contribution in [0.15, 0.2) is 29.3 Å². The first kappa shape index (κ1) is 18.0. The molecule has 0 spiro atoms. The van der Waals surface area contributed by atoms with E-state index in [-0.39, 0.29) is 17.6 Å². The van der Waals surface area contributed by atoms with Crippen LogP contribution in [-0.2, 0) is 16.4 Å². The smallest absolute Gasteiger partial charge is 0.231 e. The van der Waals surface area contributed by atoms with Gasteiger partial charge in [0.1, 0.15) is 4.90 Å². The van der Waals surface area contributed by atoms with Crippen LogP contribution in [0.3, 0.4) is 0 Å². The lowest BCUT2D eigenvalue weighted by Crippen LogP contribution is -2.30. The summed E-state index contributed by atoms with van der Waals surface area (Å²) in [5.41, 5.74) is 1.59. The van der Waals surface area contributed by atoms with Crippen LogP contribution in [0.25, 0.3) is 0 Å². The number of hydrogen-bond acceptors (Lipinski definition) is 8. The maximum atomic E-state index is 12.1. The molecule has 3 heterocycles. The summed E-state index contributed by atoms with van der Waals surface area (Å²) in [5.74, 6) is 1.94. The van der Waals surface area contributed by atoms with Crippen molar-refractivity contribution in [2.45, 2.75) is 30.2 Å². The van der Waals surface area contributed by atoms with E-state index in [1.54, 1.807) is 0 Å². The lowest BCUT2D eigenvalue weighted by Gasteiger charge is -2.24. The second kappa shape index (κ2) is 7.32. The molecule has 1 fully saturated rings. The second-order valence-electron chi connectivity index (χ2n) is 6.80. The van der Waals surface area contributed by atoms with Gasteiger partial charge in [-0.3, -0.25) is 0 Å². The fourth-order valence-electron chi connectivity index (χ4n) is 3.36. The van der Waals surface area contributed by atoms with E-state index in [9.17, 15) is 8.42 Å². The number of rotatable bonds is 5. The third-order valence-electron chi connectivity index (χ3n) is 4.75. The molecular formula is C18H22N4O4S. The normalized spacial score (nSPS) is 19.1. The van der Waals surface area contributed by atoms with Gasteiger partial charge >= 0.3 is 0 Å². The molecule has 2 N–H and O–H groups in total. The molecule has 0 unspecified atom stereocenters. The van der Waals surface area contributed by atoms with Crippen molar-refractivity contribution in [1.82, 2.24) is 15.3 Å². The summed E-state index contributed by atoms with van der Waals surface area (Å²) in [6.45, 7) is 2.41. The summed E-state index contributed by atoms with van der Waals surface area (Å²) >= 11 is 0. The maximum absolute atomic E-state index is 12.1. The number of nitrogens with one attached hydrogen (secondary N) is 2. The highest BCUT2D eigenvalue weighted by molar-refractivity contribution is 7.90. The molecule has 0 saturated carbocycles. The van der Waals surface area contributed by atoms with Crippen LogP contribution < -0.4 is 20.1 Å². The summed E-state index contributed by atoms with van der Waals surface area (Å²) in [5, 5.41) is 6.49. The third kappa shape index (κ3) is 3.98. The highest BCUT2D eigenvalue weighted by Crippen LogP contribution is 2.33. The Bertz CT molecular complexity index is 942. The van der Waals surface area contributed by atoms with Gasteiger partial charge in [-0.25, -0.2) is 18.4 Å². The number of nitrogens with zero attached hydrogens (tertiary/aromatic N) is 2. The molecule has 2 aromatic rings. The predicted octanol–water partition coefficient (Wildman–Crippen LogP) is 1.69. The average molecular weight is 390 g/mol. The van der Waals surface area contributed by atoms with E-state index in [0.717, 1.165) is 43.0 Å². The Labute approximate surface area is 158 Å². The van der Waals surface area contributed by atoms with Crippen molar-refractivity contribution in [3.8, 4) is 11.5 Å². The maximum Gasteiger partial charge on any atom is 0.231 e. The van der Waals surface area contributed by atoms with E-state index in [2.05, 4.69) is 20.6 Å². The van der Waals surface area contributed by atoms with E-state index in [0.29, 0.717) is 18.2 Å². The van der Waals surface area contributed by atoms with E-state index in [4.69, 9.17) is 9.47 Å². The number of piperidine rings is 1. The van der Waals surface area contributed by atoms with Gasteiger partial charge in [-0.1, -0.05) is 6.07 Å². The van der Waals surface area contributed by atoms with Crippen molar-refractivity contribution in [2.24, 2.45) is 0 Å². The molecule has 0 radical (unpaired) electrons. The first-order chi connectivity index (χ1) is 13.0. The Balaban J connectivity index is 1.56. The van der Waals surface area contributed by atoms with Crippen molar-refractivity contribution in [3.05, 3.63) is 35.7 Å². The van der Waals surface area contributed by atoms with E-state index < -0.39 is 9.84 Å². The second-order valence-corrected chi connectivity index (χ2v) is 8.78. The largest absolute Gasteiger partial charge is 0.454 e. The van der Waals surface area contributed by atoms with Crippen molar-refractivity contribution in [2.75, 3.05) is 31.5 Å². The lowest BCUT2D eigenvalue weighted by molar-refractivity contribution is 0.174. The van der Waals surface area contributed by atoms with Crippen LogP contribution in [0.2, 0.25) is 0 Å². The number of ether oxygens (including phenoxy) is 2. The molecule has 1 saturated heterocycles. The minimum absolute atomic E-state index is 0.0672. The predicted molar refractivity (Wildman–Crippen MR) is 99.9 cm³/mol. The van der Waals surface area contributed by atoms with Gasteiger partial charge in [-0.2, -0.15) is 0 Å². The van der Waals surface area contributed by atoms with Gasteiger partial charge in [0, 0.05) is 25.3 Å². The van der Waals surface area contributed by atoms with Gasteiger partial charge in [0.15, 0.2) is 21.3 Å². The molecular weight excluding hydrogens is 368 g/mol. The molecule has 1 aromatic heterocycles. The molecule has 2 aliphatic rings. The summed E-state index contributed by atoms with van der Waals surface area (Å²) in [6, 6.07) is 5.72. The van der Waals surface area contributed by atoms with Gasteiger partial charge in [0.05, 0.1) is 11.9 Å². The summed E-state index contributed by atoms with van der Waals surface area (Å²) in [6.07, 6.45) is 4.52. The fourth-order valence-corrected chi connectivity index (χ4v) is 4.20. The van der Waals surface area contributed by atoms with Gasteiger partial charge < -0.3 is 20.1 Å². The average Bonchev–Trinajstić information content (AvgIpc) is 3.14. The molecule has 8 nitrogen and oxygen atoms in total. The standard InChI is InChI=1S/C18H22N4O4S/c1-27(23,24)16-10-21-18(22-17(16)13-3-2-6-19-9-13)20-8-12-4-5-14-15(7-12)26-11-25-14/h4-5,7,10,13,19H,2-3,6,8-9,11H2,1H3,(H,20,21,22)/t13-/m1/s1. The SMILES string of the molecule is CS(=O)(=O)c1cnc(NCc2ccc3c(c2)OCO3)nc1[C@@H]1CCCNC1. The number of anilines is 1. The van der Waals surface area contributed by atoms with Crippen LogP contribution in [0, 0.1) is 0 Å². The minimum Gasteiger partial charge on any atom is -0.454 e. The highest BCUT2D eigenvalue weighted by Gasteiger charge is 2.25. The Hall–Kier alpha value is -2.39. The third-order valence-corrected chi connectivity index (χ3v) is 5.87. The monoisotopic (exact) mass is 390 g/mol. The molecule has 144 valence electrons. The van der Waals surface area contributed by atoms with Crippen LogP contribution in [0.1, 0.15) is 30.0 Å². The Morgan fingerprint density at radius 1 is 1.30 bits per heavy atom. The molecule has 2 aliphatic heterocycles. The lowest BCUT2D eigenvalue weighted by atomic mass is 9.96. The quantitative estimate of drug-likeness (QED) is 0.795. The van der Waals surface area contributed by atoms with Crippen LogP contribution >= 0.6 is 0 Å². The number of benzene rings is 1. The topological polar surface area (TPSA) is 102 Å². The minimum atomic E-state index is -3.38. The van der Waals surface area contributed by atoms with Crippen LogP contribution in [0.4, 0.5) is 5.95 Å². The number of hydrogen-bond donors (Lipinski definition) is 2. The molecule has 1 atom stereocenters. The zero-order chi connectivity index (χ0) is 18.9. The van der Waals surface area contributed by atoms with Gasteiger partial charge in [-0.05, 0) is 37.1 Å². The van der Waals surface area contributed by atoms with E-state index in [1.165, 1.54) is 12.5 Å². The molecule has 1 aromatic carbocycles. The first-order valence-electron chi connectivity index (χ1n) is 8.91. The fraction of sp³-hybridized carbons (Fsp3) is 0.444. The molecule has 0 aliphatic carbocycles. The number of sulfone groups is 1. The molecule has 27 heavy (non-hydrogen) atoms. The van der Waals surface area contributed by atoms with Gasteiger partial charge in [0.25, 0.3) is 0 Å². The van der Waals surface area contributed by atoms with Crippen molar-refractivity contribution in [3.63, 3.8) is 0 Å². The highest BCUT2D eigenvalue weighted by atomic mass is 32.2. The molecule has 0 amide bonds. The zero-order valence-corrected chi connectivity index (χ0v) is 15.9.